The van der Waals surface area contributed by atoms with Crippen LogP contribution in [0.25, 0.3) is 0 Å². The summed E-state index contributed by atoms with van der Waals surface area (Å²) in [4.78, 5) is 11.3. The highest BCUT2D eigenvalue weighted by Crippen LogP contribution is 2.32. The molecule has 1 rings (SSSR count). The summed E-state index contributed by atoms with van der Waals surface area (Å²) >= 11 is 6.05. The number of hydrogen-bond donors (Lipinski definition) is 1. The summed E-state index contributed by atoms with van der Waals surface area (Å²) in [6, 6.07) is 7.18. The van der Waals surface area contributed by atoms with Crippen molar-refractivity contribution < 1.29 is 9.90 Å². The summed E-state index contributed by atoms with van der Waals surface area (Å²) in [5, 5.41) is 9.83. The molecule has 0 heterocycles. The fraction of sp³-hybridized carbons (Fsp3) is 0.500. The van der Waals surface area contributed by atoms with Gasteiger partial charge < -0.3 is 5.11 Å². The molecule has 0 saturated heterocycles. The van der Waals surface area contributed by atoms with E-state index in [1.165, 1.54) is 0 Å². The zero-order valence-electron chi connectivity index (χ0n) is 10.5. The summed E-state index contributed by atoms with van der Waals surface area (Å²) in [6.07, 6.45) is 1.47. The average molecular weight is 255 g/mol. The van der Waals surface area contributed by atoms with Crippen LogP contribution in [0.4, 0.5) is 0 Å². The van der Waals surface area contributed by atoms with Gasteiger partial charge >= 0.3 is 5.97 Å². The second-order valence-electron chi connectivity index (χ2n) is 5.51. The Kier molecular flexibility index (Phi) is 4.58. The molecule has 0 aliphatic carbocycles. The third kappa shape index (κ3) is 4.39. The quantitative estimate of drug-likeness (QED) is 0.868. The molecule has 0 aromatic heterocycles. The first-order chi connectivity index (χ1) is 7.81. The van der Waals surface area contributed by atoms with E-state index in [9.17, 15) is 9.90 Å². The molecule has 0 amide bonds. The molecule has 0 radical (unpaired) electrons. The van der Waals surface area contributed by atoms with Gasteiger partial charge in [-0.3, -0.25) is 4.79 Å². The highest BCUT2D eigenvalue weighted by atomic mass is 35.5. The maximum Gasteiger partial charge on any atom is 0.311 e. The minimum Gasteiger partial charge on any atom is -0.481 e. The Morgan fingerprint density at radius 1 is 1.35 bits per heavy atom. The number of carboxylic acid groups (broad SMARTS) is 1. The molecule has 2 nitrogen and oxygen atoms in total. The van der Waals surface area contributed by atoms with Crippen LogP contribution in [0.3, 0.4) is 0 Å². The van der Waals surface area contributed by atoms with Gasteiger partial charge in [0.1, 0.15) is 0 Å². The van der Waals surface area contributed by atoms with Crippen molar-refractivity contribution in [2.45, 2.75) is 39.5 Å². The Balaban J connectivity index is 2.88. The Hall–Kier alpha value is -1.02. The standard InChI is InChI=1S/C14H19ClO2/c1-14(2,3)9-8-11(13(16)17)10-6-4-5-7-12(10)15/h4-7,11H,8-9H2,1-3H3,(H,16,17). The summed E-state index contributed by atoms with van der Waals surface area (Å²) in [5.41, 5.74) is 0.848. The second kappa shape index (κ2) is 5.54. The molecule has 0 fully saturated rings. The van der Waals surface area contributed by atoms with Gasteiger partial charge in [0.25, 0.3) is 0 Å². The van der Waals surface area contributed by atoms with Gasteiger partial charge in [0.05, 0.1) is 5.92 Å². The fourth-order valence-electron chi connectivity index (χ4n) is 1.75. The molecule has 1 aromatic carbocycles. The Morgan fingerprint density at radius 2 is 1.94 bits per heavy atom. The van der Waals surface area contributed by atoms with Gasteiger partial charge in [-0.2, -0.15) is 0 Å². The van der Waals surface area contributed by atoms with E-state index < -0.39 is 11.9 Å². The summed E-state index contributed by atoms with van der Waals surface area (Å²) < 4.78 is 0. The first-order valence-corrected chi connectivity index (χ1v) is 6.16. The molecular weight excluding hydrogens is 236 g/mol. The molecule has 1 aromatic rings. The summed E-state index contributed by atoms with van der Waals surface area (Å²) in [6.45, 7) is 6.33. The normalized spacial score (nSPS) is 13.4. The molecule has 0 spiro atoms. The van der Waals surface area contributed by atoms with Crippen LogP contribution in [0.5, 0.6) is 0 Å². The van der Waals surface area contributed by atoms with Gasteiger partial charge in [-0.05, 0) is 29.9 Å². The van der Waals surface area contributed by atoms with Gasteiger partial charge in [-0.25, -0.2) is 0 Å². The lowest BCUT2D eigenvalue weighted by Crippen LogP contribution is -2.15. The van der Waals surface area contributed by atoms with Crippen molar-refractivity contribution in [2.75, 3.05) is 0 Å². The van der Waals surface area contributed by atoms with E-state index in [0.717, 1.165) is 6.42 Å². The van der Waals surface area contributed by atoms with Crippen molar-refractivity contribution in [3.63, 3.8) is 0 Å². The van der Waals surface area contributed by atoms with Gasteiger partial charge in [0.15, 0.2) is 0 Å². The minimum absolute atomic E-state index is 0.134. The van der Waals surface area contributed by atoms with Crippen LogP contribution < -0.4 is 0 Å². The number of carbonyl (C=O) groups is 1. The lowest BCUT2D eigenvalue weighted by Gasteiger charge is -2.21. The molecule has 1 unspecified atom stereocenters. The van der Waals surface area contributed by atoms with Crippen LogP contribution in [0.15, 0.2) is 24.3 Å². The summed E-state index contributed by atoms with van der Waals surface area (Å²) in [7, 11) is 0. The van der Waals surface area contributed by atoms with E-state index in [0.29, 0.717) is 17.0 Å². The van der Waals surface area contributed by atoms with Crippen LogP contribution in [0.2, 0.25) is 5.02 Å². The van der Waals surface area contributed by atoms with E-state index in [4.69, 9.17) is 11.6 Å². The molecule has 0 aliphatic rings. The number of hydrogen-bond acceptors (Lipinski definition) is 1. The van der Waals surface area contributed by atoms with Crippen LogP contribution in [0.1, 0.15) is 45.1 Å². The van der Waals surface area contributed by atoms with Crippen molar-refractivity contribution in [3.8, 4) is 0 Å². The predicted molar refractivity (Wildman–Crippen MR) is 70.5 cm³/mol. The number of carboxylic acids is 1. The monoisotopic (exact) mass is 254 g/mol. The maximum atomic E-state index is 11.3. The maximum absolute atomic E-state index is 11.3. The zero-order chi connectivity index (χ0) is 13.1. The molecule has 1 atom stereocenters. The molecule has 17 heavy (non-hydrogen) atoms. The zero-order valence-corrected chi connectivity index (χ0v) is 11.3. The molecule has 1 N–H and O–H groups in total. The van der Waals surface area contributed by atoms with Crippen molar-refractivity contribution >= 4 is 17.6 Å². The van der Waals surface area contributed by atoms with Crippen molar-refractivity contribution in [2.24, 2.45) is 5.41 Å². The Labute approximate surface area is 108 Å². The number of aliphatic carboxylic acids is 1. The largest absolute Gasteiger partial charge is 0.481 e. The fourth-order valence-corrected chi connectivity index (χ4v) is 2.01. The van der Waals surface area contributed by atoms with Crippen molar-refractivity contribution in [1.29, 1.82) is 0 Å². The van der Waals surface area contributed by atoms with Crippen LogP contribution in [-0.2, 0) is 4.79 Å². The Morgan fingerprint density at radius 3 is 2.41 bits per heavy atom. The molecule has 0 saturated carbocycles. The lowest BCUT2D eigenvalue weighted by atomic mass is 9.84. The summed E-state index contributed by atoms with van der Waals surface area (Å²) in [5.74, 6) is -1.31. The number of benzene rings is 1. The van der Waals surface area contributed by atoms with Gasteiger partial charge in [0.2, 0.25) is 0 Å². The topological polar surface area (TPSA) is 37.3 Å². The predicted octanol–water partition coefficient (Wildman–Crippen LogP) is 4.33. The van der Waals surface area contributed by atoms with E-state index in [-0.39, 0.29) is 5.41 Å². The third-order valence-corrected chi connectivity index (χ3v) is 3.11. The highest BCUT2D eigenvalue weighted by molar-refractivity contribution is 6.31. The van der Waals surface area contributed by atoms with Gasteiger partial charge in [0, 0.05) is 5.02 Å². The molecular formula is C14H19ClO2. The van der Waals surface area contributed by atoms with Crippen LogP contribution in [-0.4, -0.2) is 11.1 Å². The third-order valence-electron chi connectivity index (χ3n) is 2.76. The lowest BCUT2D eigenvalue weighted by molar-refractivity contribution is -0.139. The van der Waals surface area contributed by atoms with E-state index in [2.05, 4.69) is 20.8 Å². The molecule has 94 valence electrons. The van der Waals surface area contributed by atoms with Crippen LogP contribution >= 0.6 is 11.6 Å². The van der Waals surface area contributed by atoms with Crippen LogP contribution in [0, 0.1) is 5.41 Å². The van der Waals surface area contributed by atoms with Gasteiger partial charge in [-0.1, -0.05) is 50.6 Å². The first-order valence-electron chi connectivity index (χ1n) is 5.78. The first kappa shape index (κ1) is 14.0. The number of halogens is 1. The van der Waals surface area contributed by atoms with E-state index in [1.807, 2.05) is 12.1 Å². The van der Waals surface area contributed by atoms with E-state index in [1.54, 1.807) is 12.1 Å². The average Bonchev–Trinajstić information content (AvgIpc) is 2.18. The Bertz CT molecular complexity index is 393. The highest BCUT2D eigenvalue weighted by Gasteiger charge is 2.24. The van der Waals surface area contributed by atoms with Crippen molar-refractivity contribution in [1.82, 2.24) is 0 Å². The minimum atomic E-state index is -0.803. The SMILES string of the molecule is CC(C)(C)CCC(C(=O)O)c1ccccc1Cl. The molecule has 0 bridgehead atoms. The van der Waals surface area contributed by atoms with Crippen molar-refractivity contribution in [3.05, 3.63) is 34.9 Å². The second-order valence-corrected chi connectivity index (χ2v) is 5.92. The van der Waals surface area contributed by atoms with E-state index >= 15 is 0 Å². The number of rotatable bonds is 4. The molecule has 0 aliphatic heterocycles. The molecule has 3 heteroatoms. The van der Waals surface area contributed by atoms with Gasteiger partial charge in [-0.15, -0.1) is 0 Å². The smallest absolute Gasteiger partial charge is 0.311 e.